The number of fused-ring (bicyclic) bond motifs is 5. The fourth-order valence-electron chi connectivity index (χ4n) is 6.25. The summed E-state index contributed by atoms with van der Waals surface area (Å²) in [5, 5.41) is 0.864. The maximum atomic E-state index is 12.8. The van der Waals surface area contributed by atoms with Crippen molar-refractivity contribution in [3.63, 3.8) is 0 Å². The lowest BCUT2D eigenvalue weighted by Crippen LogP contribution is -2.44. The minimum atomic E-state index is -0.0368. The maximum absolute atomic E-state index is 12.8. The molecule has 0 aliphatic heterocycles. The van der Waals surface area contributed by atoms with Crippen molar-refractivity contribution in [3.8, 4) is 0 Å². The zero-order chi connectivity index (χ0) is 16.2. The van der Waals surface area contributed by atoms with Crippen molar-refractivity contribution < 1.29 is 4.79 Å². The van der Waals surface area contributed by atoms with Crippen molar-refractivity contribution >= 4 is 17.4 Å². The highest BCUT2D eigenvalue weighted by molar-refractivity contribution is 6.30. The second-order valence-corrected chi connectivity index (χ2v) is 8.75. The monoisotopic (exact) mass is 330 g/mol. The standard InChI is InChI=1S/C21H27ClO/c1-3-4-14-12-19(23)21(2)10-9-17-16-8-6-15(22)11-13(16)5-7-18(17)20(14)21/h6,8,11,14,17-18,20H,3-5,7,9-10,12H2,1-2H3. The minimum absolute atomic E-state index is 0.0368. The first-order valence-corrected chi connectivity index (χ1v) is 9.74. The van der Waals surface area contributed by atoms with E-state index in [0.717, 1.165) is 24.3 Å². The van der Waals surface area contributed by atoms with Crippen molar-refractivity contribution in [2.75, 3.05) is 0 Å². The summed E-state index contributed by atoms with van der Waals surface area (Å²) in [5.74, 6) is 3.14. The fourth-order valence-corrected chi connectivity index (χ4v) is 6.44. The number of Topliss-reactive ketones (excluding diaryl/α,β-unsaturated/α-hetero) is 1. The summed E-state index contributed by atoms with van der Waals surface area (Å²) in [6, 6.07) is 6.49. The van der Waals surface area contributed by atoms with Crippen LogP contribution in [-0.4, -0.2) is 5.78 Å². The van der Waals surface area contributed by atoms with Crippen LogP contribution in [0.2, 0.25) is 5.02 Å². The number of carbonyl (C=O) groups is 1. The molecule has 3 aliphatic rings. The molecule has 0 spiro atoms. The van der Waals surface area contributed by atoms with Gasteiger partial charge >= 0.3 is 0 Å². The van der Waals surface area contributed by atoms with Crippen molar-refractivity contribution in [2.24, 2.45) is 23.2 Å². The molecule has 0 radical (unpaired) electrons. The van der Waals surface area contributed by atoms with Gasteiger partial charge in [0.2, 0.25) is 0 Å². The largest absolute Gasteiger partial charge is 0.299 e. The lowest BCUT2D eigenvalue weighted by molar-refractivity contribution is -0.129. The van der Waals surface area contributed by atoms with E-state index < -0.39 is 0 Å². The van der Waals surface area contributed by atoms with Crippen LogP contribution in [0.5, 0.6) is 0 Å². The molecule has 1 aromatic carbocycles. The van der Waals surface area contributed by atoms with Crippen LogP contribution in [0.3, 0.4) is 0 Å². The molecule has 2 saturated carbocycles. The molecule has 0 heterocycles. The molecule has 1 aromatic rings. The normalized spacial score (nSPS) is 38.8. The van der Waals surface area contributed by atoms with E-state index in [-0.39, 0.29) is 5.41 Å². The third-order valence-electron chi connectivity index (χ3n) is 7.19. The topological polar surface area (TPSA) is 17.1 Å². The summed E-state index contributed by atoms with van der Waals surface area (Å²) in [5.41, 5.74) is 2.95. The molecule has 1 nitrogen and oxygen atoms in total. The summed E-state index contributed by atoms with van der Waals surface area (Å²) < 4.78 is 0. The zero-order valence-corrected chi connectivity index (χ0v) is 15.0. The van der Waals surface area contributed by atoms with Gasteiger partial charge in [0.1, 0.15) is 5.78 Å². The van der Waals surface area contributed by atoms with Crippen LogP contribution in [0.1, 0.15) is 69.4 Å². The molecule has 5 unspecified atom stereocenters. The van der Waals surface area contributed by atoms with E-state index in [1.54, 1.807) is 0 Å². The number of rotatable bonds is 2. The number of halogens is 1. The number of carbonyl (C=O) groups excluding carboxylic acids is 1. The summed E-state index contributed by atoms with van der Waals surface area (Å²) in [4.78, 5) is 12.8. The summed E-state index contributed by atoms with van der Waals surface area (Å²) >= 11 is 6.20. The summed E-state index contributed by atoms with van der Waals surface area (Å²) in [6.07, 6.45) is 7.90. The molecule has 0 bridgehead atoms. The third-order valence-corrected chi connectivity index (χ3v) is 7.43. The number of hydrogen-bond acceptors (Lipinski definition) is 1. The van der Waals surface area contributed by atoms with Gasteiger partial charge < -0.3 is 0 Å². The van der Waals surface area contributed by atoms with Crippen molar-refractivity contribution in [1.29, 1.82) is 0 Å². The van der Waals surface area contributed by atoms with Gasteiger partial charge in [-0.2, -0.15) is 0 Å². The first kappa shape index (κ1) is 15.7. The predicted octanol–water partition coefficient (Wildman–Crippen LogP) is 5.79. The minimum Gasteiger partial charge on any atom is -0.299 e. The Labute approximate surface area is 144 Å². The van der Waals surface area contributed by atoms with Crippen molar-refractivity contribution in [3.05, 3.63) is 34.3 Å². The Balaban J connectivity index is 1.72. The molecular weight excluding hydrogens is 304 g/mol. The molecule has 3 aliphatic carbocycles. The van der Waals surface area contributed by atoms with Crippen LogP contribution in [0.15, 0.2) is 18.2 Å². The first-order valence-electron chi connectivity index (χ1n) is 9.36. The summed E-state index contributed by atoms with van der Waals surface area (Å²) in [6.45, 7) is 4.54. The van der Waals surface area contributed by atoms with Crippen molar-refractivity contribution in [2.45, 2.75) is 64.7 Å². The Bertz CT molecular complexity index is 637. The van der Waals surface area contributed by atoms with Crippen LogP contribution >= 0.6 is 11.6 Å². The maximum Gasteiger partial charge on any atom is 0.139 e. The zero-order valence-electron chi connectivity index (χ0n) is 14.3. The Morgan fingerprint density at radius 3 is 2.91 bits per heavy atom. The smallest absolute Gasteiger partial charge is 0.139 e. The van der Waals surface area contributed by atoms with Gasteiger partial charge in [0, 0.05) is 16.9 Å². The molecule has 2 fully saturated rings. The van der Waals surface area contributed by atoms with E-state index >= 15 is 0 Å². The molecule has 0 amide bonds. The highest BCUT2D eigenvalue weighted by atomic mass is 35.5. The van der Waals surface area contributed by atoms with Gasteiger partial charge in [-0.1, -0.05) is 37.9 Å². The Morgan fingerprint density at radius 2 is 2.13 bits per heavy atom. The van der Waals surface area contributed by atoms with Gasteiger partial charge in [-0.05, 0) is 79.0 Å². The highest BCUT2D eigenvalue weighted by Gasteiger charge is 2.58. The number of hydrogen-bond donors (Lipinski definition) is 0. The van der Waals surface area contributed by atoms with Gasteiger partial charge in [-0.25, -0.2) is 0 Å². The van der Waals surface area contributed by atoms with Gasteiger partial charge in [-0.15, -0.1) is 0 Å². The van der Waals surface area contributed by atoms with Crippen LogP contribution in [-0.2, 0) is 11.2 Å². The summed E-state index contributed by atoms with van der Waals surface area (Å²) in [7, 11) is 0. The fraction of sp³-hybridized carbons (Fsp3) is 0.667. The number of ketones is 1. The van der Waals surface area contributed by atoms with Crippen LogP contribution in [0.25, 0.3) is 0 Å². The Kier molecular flexibility index (Phi) is 3.83. The lowest BCUT2D eigenvalue weighted by Gasteiger charge is -2.50. The molecule has 2 heteroatoms. The number of benzene rings is 1. The molecule has 124 valence electrons. The molecule has 0 N–H and O–H groups in total. The van der Waals surface area contributed by atoms with Gasteiger partial charge in [0.25, 0.3) is 0 Å². The molecule has 4 rings (SSSR count). The SMILES string of the molecule is CCCC1CC(=O)C2(C)CCC3c4ccc(Cl)cc4CCC3C12. The third kappa shape index (κ3) is 2.30. The van der Waals surface area contributed by atoms with Crippen LogP contribution in [0.4, 0.5) is 0 Å². The second-order valence-electron chi connectivity index (χ2n) is 8.31. The average Bonchev–Trinajstić information content (AvgIpc) is 2.78. The second kappa shape index (κ2) is 5.62. The molecule has 23 heavy (non-hydrogen) atoms. The van der Waals surface area contributed by atoms with E-state index in [1.807, 2.05) is 0 Å². The van der Waals surface area contributed by atoms with E-state index in [1.165, 1.54) is 36.8 Å². The molecule has 5 atom stereocenters. The van der Waals surface area contributed by atoms with E-state index in [0.29, 0.717) is 29.5 Å². The van der Waals surface area contributed by atoms with Crippen LogP contribution in [0, 0.1) is 23.2 Å². The van der Waals surface area contributed by atoms with Crippen LogP contribution < -0.4 is 0 Å². The van der Waals surface area contributed by atoms with Gasteiger partial charge in [-0.3, -0.25) is 4.79 Å². The molecule has 0 saturated heterocycles. The highest BCUT2D eigenvalue weighted by Crippen LogP contribution is 2.62. The van der Waals surface area contributed by atoms with Gasteiger partial charge in [0.15, 0.2) is 0 Å². The predicted molar refractivity (Wildman–Crippen MR) is 94.9 cm³/mol. The van der Waals surface area contributed by atoms with E-state index in [9.17, 15) is 4.79 Å². The van der Waals surface area contributed by atoms with E-state index in [2.05, 4.69) is 32.0 Å². The Hall–Kier alpha value is -0.820. The van der Waals surface area contributed by atoms with Crippen molar-refractivity contribution in [1.82, 2.24) is 0 Å². The average molecular weight is 331 g/mol. The van der Waals surface area contributed by atoms with Gasteiger partial charge in [0.05, 0.1) is 0 Å². The molecule has 0 aromatic heterocycles. The lowest BCUT2D eigenvalue weighted by atomic mass is 9.54. The molecular formula is C21H27ClO. The Morgan fingerprint density at radius 1 is 1.30 bits per heavy atom. The number of aryl methyl sites for hydroxylation is 1. The first-order chi connectivity index (χ1) is 11.0. The van der Waals surface area contributed by atoms with E-state index in [4.69, 9.17) is 11.6 Å². The quantitative estimate of drug-likeness (QED) is 0.670.